The molecule has 0 saturated carbocycles. The van der Waals surface area contributed by atoms with Gasteiger partial charge in [0.25, 0.3) is 0 Å². The van der Waals surface area contributed by atoms with Crippen molar-refractivity contribution in [2.24, 2.45) is 0 Å². The molecule has 1 fully saturated rings. The van der Waals surface area contributed by atoms with Crippen molar-refractivity contribution in [2.75, 3.05) is 50.4 Å². The third kappa shape index (κ3) is 3.87. The molecular weight excluding hydrogens is 282 g/mol. The number of halogens is 1. The van der Waals surface area contributed by atoms with E-state index in [9.17, 15) is 0 Å². The summed E-state index contributed by atoms with van der Waals surface area (Å²) in [4.78, 5) is 2.39. The summed E-state index contributed by atoms with van der Waals surface area (Å²) in [7, 11) is 0. The van der Waals surface area contributed by atoms with Crippen LogP contribution in [0.1, 0.15) is 0 Å². The van der Waals surface area contributed by atoms with E-state index in [4.69, 9.17) is 10.5 Å². The Kier molecular flexibility index (Phi) is 4.65. The first-order chi connectivity index (χ1) is 8.25. The van der Waals surface area contributed by atoms with E-state index in [0.717, 1.165) is 55.2 Å². The molecule has 0 bridgehead atoms. The van der Waals surface area contributed by atoms with Crippen LogP contribution in [0.4, 0.5) is 11.4 Å². The van der Waals surface area contributed by atoms with Crippen LogP contribution in [-0.2, 0) is 4.74 Å². The van der Waals surface area contributed by atoms with E-state index in [1.54, 1.807) is 0 Å². The average Bonchev–Trinajstić information content (AvgIpc) is 2.35. The molecule has 1 aliphatic rings. The topological polar surface area (TPSA) is 50.5 Å². The van der Waals surface area contributed by atoms with E-state index in [1.165, 1.54) is 0 Å². The number of hydrogen-bond acceptors (Lipinski definition) is 4. The van der Waals surface area contributed by atoms with Crippen LogP contribution in [-0.4, -0.2) is 44.3 Å². The molecule has 1 aromatic carbocycles. The van der Waals surface area contributed by atoms with Crippen molar-refractivity contribution in [1.29, 1.82) is 0 Å². The molecule has 1 saturated heterocycles. The Morgan fingerprint density at radius 3 is 2.88 bits per heavy atom. The zero-order chi connectivity index (χ0) is 12.1. The third-order valence-electron chi connectivity index (χ3n) is 2.86. The maximum Gasteiger partial charge on any atom is 0.0594 e. The lowest BCUT2D eigenvalue weighted by Gasteiger charge is -2.26. The van der Waals surface area contributed by atoms with Crippen LogP contribution >= 0.6 is 15.9 Å². The van der Waals surface area contributed by atoms with Gasteiger partial charge in [0, 0.05) is 30.7 Å². The predicted molar refractivity (Wildman–Crippen MR) is 74.3 cm³/mol. The Morgan fingerprint density at radius 2 is 2.12 bits per heavy atom. The average molecular weight is 300 g/mol. The van der Waals surface area contributed by atoms with Crippen LogP contribution in [0.2, 0.25) is 0 Å². The number of nitrogens with zero attached hydrogens (tertiary/aromatic N) is 1. The lowest BCUT2D eigenvalue weighted by molar-refractivity contribution is 0.0398. The molecule has 0 aliphatic carbocycles. The molecule has 0 spiro atoms. The fraction of sp³-hybridized carbons (Fsp3) is 0.500. The second-order valence-corrected chi connectivity index (χ2v) is 5.03. The molecule has 0 amide bonds. The van der Waals surface area contributed by atoms with Gasteiger partial charge in [-0.05, 0) is 18.2 Å². The van der Waals surface area contributed by atoms with Gasteiger partial charge in [0.15, 0.2) is 0 Å². The van der Waals surface area contributed by atoms with Gasteiger partial charge in [0.2, 0.25) is 0 Å². The van der Waals surface area contributed by atoms with Gasteiger partial charge in [-0.2, -0.15) is 0 Å². The van der Waals surface area contributed by atoms with Gasteiger partial charge in [-0.3, -0.25) is 4.90 Å². The number of morpholine rings is 1. The summed E-state index contributed by atoms with van der Waals surface area (Å²) < 4.78 is 6.35. The van der Waals surface area contributed by atoms with E-state index in [-0.39, 0.29) is 0 Å². The minimum Gasteiger partial charge on any atom is -0.397 e. The van der Waals surface area contributed by atoms with Crippen molar-refractivity contribution >= 4 is 27.3 Å². The third-order valence-corrected chi connectivity index (χ3v) is 3.36. The summed E-state index contributed by atoms with van der Waals surface area (Å²) in [6.07, 6.45) is 0. The number of anilines is 2. The smallest absolute Gasteiger partial charge is 0.0594 e. The molecule has 2 rings (SSSR count). The van der Waals surface area contributed by atoms with Crippen molar-refractivity contribution in [3.63, 3.8) is 0 Å². The second kappa shape index (κ2) is 6.23. The zero-order valence-electron chi connectivity index (χ0n) is 9.79. The van der Waals surface area contributed by atoms with E-state index >= 15 is 0 Å². The van der Waals surface area contributed by atoms with E-state index < -0.39 is 0 Å². The molecule has 1 aromatic rings. The van der Waals surface area contributed by atoms with Gasteiger partial charge in [-0.25, -0.2) is 0 Å². The highest BCUT2D eigenvalue weighted by Crippen LogP contribution is 2.22. The van der Waals surface area contributed by atoms with Gasteiger partial charge in [0.05, 0.1) is 24.6 Å². The normalized spacial score (nSPS) is 17.0. The largest absolute Gasteiger partial charge is 0.397 e. The van der Waals surface area contributed by atoms with Crippen LogP contribution in [0, 0.1) is 0 Å². The standard InChI is InChI=1S/C12H18BrN3O/c13-10-1-2-11(14)12(9-10)15-3-4-16-5-7-17-8-6-16/h1-2,9,15H,3-8,14H2. The van der Waals surface area contributed by atoms with Gasteiger partial charge in [-0.15, -0.1) is 0 Å². The maximum absolute atomic E-state index is 5.89. The molecule has 1 aliphatic heterocycles. The molecule has 17 heavy (non-hydrogen) atoms. The first-order valence-corrected chi connectivity index (χ1v) is 6.64. The van der Waals surface area contributed by atoms with E-state index in [2.05, 4.69) is 26.1 Å². The number of nitrogen functional groups attached to an aromatic ring is 1. The number of hydrogen-bond donors (Lipinski definition) is 2. The van der Waals surface area contributed by atoms with Crippen molar-refractivity contribution < 1.29 is 4.74 Å². The molecule has 0 atom stereocenters. The van der Waals surface area contributed by atoms with Crippen LogP contribution in [0.3, 0.4) is 0 Å². The van der Waals surface area contributed by atoms with E-state index in [1.807, 2.05) is 18.2 Å². The summed E-state index contributed by atoms with van der Waals surface area (Å²) in [5.41, 5.74) is 7.67. The number of nitrogens with two attached hydrogens (primary N) is 1. The molecule has 3 N–H and O–H groups in total. The highest BCUT2D eigenvalue weighted by Gasteiger charge is 2.09. The Labute approximate surface area is 110 Å². The molecule has 1 heterocycles. The number of nitrogens with one attached hydrogen (secondary N) is 1. The first-order valence-electron chi connectivity index (χ1n) is 5.85. The molecule has 4 nitrogen and oxygen atoms in total. The number of benzene rings is 1. The fourth-order valence-corrected chi connectivity index (χ4v) is 2.22. The molecular formula is C12H18BrN3O. The van der Waals surface area contributed by atoms with Gasteiger partial charge < -0.3 is 15.8 Å². The summed E-state index contributed by atoms with van der Waals surface area (Å²) >= 11 is 3.44. The maximum atomic E-state index is 5.89. The van der Waals surface area contributed by atoms with Gasteiger partial charge in [0.1, 0.15) is 0 Å². The minimum atomic E-state index is 0.787. The molecule has 0 unspecified atom stereocenters. The van der Waals surface area contributed by atoms with Crippen molar-refractivity contribution in [2.45, 2.75) is 0 Å². The minimum absolute atomic E-state index is 0.787. The number of rotatable bonds is 4. The van der Waals surface area contributed by atoms with Crippen molar-refractivity contribution in [3.8, 4) is 0 Å². The highest BCUT2D eigenvalue weighted by atomic mass is 79.9. The Bertz CT molecular complexity index is 367. The van der Waals surface area contributed by atoms with Crippen LogP contribution < -0.4 is 11.1 Å². The SMILES string of the molecule is Nc1ccc(Br)cc1NCCN1CCOCC1. The van der Waals surface area contributed by atoms with Crippen molar-refractivity contribution in [1.82, 2.24) is 4.90 Å². The summed E-state index contributed by atoms with van der Waals surface area (Å²) in [6, 6.07) is 5.86. The fourth-order valence-electron chi connectivity index (χ4n) is 1.86. The van der Waals surface area contributed by atoms with Crippen LogP contribution in [0.25, 0.3) is 0 Å². The molecule has 94 valence electrons. The first kappa shape index (κ1) is 12.7. The lowest BCUT2D eigenvalue weighted by atomic mass is 10.2. The lowest BCUT2D eigenvalue weighted by Crippen LogP contribution is -2.39. The Balaban J connectivity index is 1.79. The monoisotopic (exact) mass is 299 g/mol. The molecule has 5 heteroatoms. The quantitative estimate of drug-likeness (QED) is 0.832. The van der Waals surface area contributed by atoms with E-state index in [0.29, 0.717) is 0 Å². The predicted octanol–water partition coefficient (Wildman–Crippen LogP) is 1.78. The van der Waals surface area contributed by atoms with Crippen LogP contribution in [0.15, 0.2) is 22.7 Å². The summed E-state index contributed by atoms with van der Waals surface area (Å²) in [5, 5.41) is 3.36. The Morgan fingerprint density at radius 1 is 1.35 bits per heavy atom. The summed E-state index contributed by atoms with van der Waals surface area (Å²) in [5.74, 6) is 0. The van der Waals surface area contributed by atoms with Crippen molar-refractivity contribution in [3.05, 3.63) is 22.7 Å². The van der Waals surface area contributed by atoms with Gasteiger partial charge in [-0.1, -0.05) is 15.9 Å². The Hall–Kier alpha value is -0.780. The molecule has 0 aromatic heterocycles. The molecule has 0 radical (unpaired) electrons. The number of ether oxygens (including phenoxy) is 1. The highest BCUT2D eigenvalue weighted by molar-refractivity contribution is 9.10. The zero-order valence-corrected chi connectivity index (χ0v) is 11.4. The second-order valence-electron chi connectivity index (χ2n) is 4.11. The van der Waals surface area contributed by atoms with Gasteiger partial charge >= 0.3 is 0 Å². The summed E-state index contributed by atoms with van der Waals surface area (Å²) in [6.45, 7) is 5.67. The van der Waals surface area contributed by atoms with Crippen LogP contribution in [0.5, 0.6) is 0 Å².